The fraction of sp³-hybridized carbons (Fsp3) is 0.478. The first-order valence-electron chi connectivity index (χ1n) is 10.6. The van der Waals surface area contributed by atoms with Crippen LogP contribution in [0.1, 0.15) is 67.8 Å². The van der Waals surface area contributed by atoms with Gasteiger partial charge in [-0.2, -0.15) is 17.6 Å². The number of hydrogen-bond acceptors (Lipinski definition) is 4. The van der Waals surface area contributed by atoms with E-state index in [9.17, 15) is 17.6 Å². The molecule has 1 aliphatic rings. The zero-order chi connectivity index (χ0) is 22.5. The second kappa shape index (κ2) is 9.94. The first-order chi connectivity index (χ1) is 14.8. The van der Waals surface area contributed by atoms with Crippen LogP contribution in [0.25, 0.3) is 0 Å². The van der Waals surface area contributed by atoms with Crippen LogP contribution in [0, 0.1) is 5.13 Å². The summed E-state index contributed by atoms with van der Waals surface area (Å²) >= 11 is 0.680. The number of allylic oxidation sites excluding steroid dienone is 1. The molecule has 8 heteroatoms. The fourth-order valence-corrected chi connectivity index (χ4v) is 4.66. The number of nitrogens with two attached hydrogens (primary N) is 1. The van der Waals surface area contributed by atoms with E-state index in [4.69, 9.17) is 5.73 Å². The van der Waals surface area contributed by atoms with E-state index in [1.807, 2.05) is 0 Å². The van der Waals surface area contributed by atoms with Crippen molar-refractivity contribution in [2.24, 2.45) is 4.99 Å². The number of nitrogen functional groups attached to an aromatic ring is 1. The van der Waals surface area contributed by atoms with Gasteiger partial charge in [-0.3, -0.25) is 4.99 Å². The van der Waals surface area contributed by atoms with Crippen LogP contribution in [0.3, 0.4) is 0 Å². The van der Waals surface area contributed by atoms with E-state index in [-0.39, 0.29) is 22.9 Å². The first-order valence-corrected chi connectivity index (χ1v) is 11.4. The van der Waals surface area contributed by atoms with E-state index in [1.165, 1.54) is 6.07 Å². The maximum absolute atomic E-state index is 14.6. The van der Waals surface area contributed by atoms with Crippen LogP contribution in [-0.4, -0.2) is 17.7 Å². The number of anilines is 1. The topological polar surface area (TPSA) is 51.3 Å². The largest absolute Gasteiger partial charge is 0.416 e. The van der Waals surface area contributed by atoms with E-state index < -0.39 is 22.3 Å². The van der Waals surface area contributed by atoms with Crippen LogP contribution >= 0.6 is 11.3 Å². The number of halogens is 4. The number of aliphatic imine (C=N–C) groups is 1. The lowest BCUT2D eigenvalue weighted by molar-refractivity contribution is -0.138. The average Bonchev–Trinajstić information content (AvgIpc) is 3.09. The second-order valence-corrected chi connectivity index (χ2v) is 8.86. The van der Waals surface area contributed by atoms with E-state index in [2.05, 4.69) is 16.9 Å². The van der Waals surface area contributed by atoms with Crippen molar-refractivity contribution in [1.29, 1.82) is 0 Å². The third kappa shape index (κ3) is 5.34. The van der Waals surface area contributed by atoms with E-state index in [1.54, 1.807) is 24.4 Å². The minimum absolute atomic E-state index is 0.0138. The van der Waals surface area contributed by atoms with Gasteiger partial charge in [-0.1, -0.05) is 68.6 Å². The van der Waals surface area contributed by atoms with Crippen molar-refractivity contribution in [2.75, 3.05) is 12.3 Å². The molecular formula is C23H27F4N3S. The Hall–Kier alpha value is -2.22. The molecule has 2 heterocycles. The van der Waals surface area contributed by atoms with Crippen LogP contribution in [0.15, 0.2) is 35.3 Å². The number of dihydropyridines is 1. The summed E-state index contributed by atoms with van der Waals surface area (Å²) in [6, 6.07) is 4.29. The van der Waals surface area contributed by atoms with Crippen molar-refractivity contribution < 1.29 is 17.6 Å². The van der Waals surface area contributed by atoms with Crippen molar-refractivity contribution in [3.05, 3.63) is 57.9 Å². The van der Waals surface area contributed by atoms with Crippen LogP contribution in [0.4, 0.5) is 22.7 Å². The number of hydrogen-bond donors (Lipinski definition) is 1. The van der Waals surface area contributed by atoms with Crippen molar-refractivity contribution >= 4 is 22.7 Å². The lowest BCUT2D eigenvalue weighted by atomic mass is 9.75. The van der Waals surface area contributed by atoms with Gasteiger partial charge in [0.15, 0.2) is 5.13 Å². The summed E-state index contributed by atoms with van der Waals surface area (Å²) in [6.07, 6.45) is 6.70. The molecule has 0 radical (unpaired) electrons. The van der Waals surface area contributed by atoms with Gasteiger partial charge in [-0.25, -0.2) is 4.98 Å². The smallest absolute Gasteiger partial charge is 0.375 e. The molecule has 1 atom stereocenters. The molecule has 2 aromatic rings. The zero-order valence-electron chi connectivity index (χ0n) is 17.5. The molecule has 1 aliphatic heterocycles. The molecule has 3 rings (SSSR count). The fourth-order valence-electron chi connectivity index (χ4n) is 4.02. The lowest BCUT2D eigenvalue weighted by Gasteiger charge is -2.30. The van der Waals surface area contributed by atoms with Gasteiger partial charge in [0.25, 0.3) is 0 Å². The molecule has 0 saturated carbocycles. The quantitative estimate of drug-likeness (QED) is 0.339. The highest BCUT2D eigenvalue weighted by molar-refractivity contribution is 7.13. The van der Waals surface area contributed by atoms with Crippen molar-refractivity contribution in [2.45, 2.75) is 63.5 Å². The molecule has 1 aromatic heterocycles. The molecule has 0 bridgehead atoms. The number of aromatic nitrogens is 1. The lowest BCUT2D eigenvalue weighted by Crippen LogP contribution is -2.32. The Morgan fingerprint density at radius 1 is 1.13 bits per heavy atom. The molecule has 2 N–H and O–H groups in total. The number of alkyl halides is 3. The Morgan fingerprint density at radius 3 is 2.48 bits per heavy atom. The Kier molecular flexibility index (Phi) is 7.51. The molecule has 0 saturated heterocycles. The highest BCUT2D eigenvalue weighted by atomic mass is 32.1. The molecule has 168 valence electrons. The second-order valence-electron chi connectivity index (χ2n) is 7.88. The molecule has 1 aromatic carbocycles. The van der Waals surface area contributed by atoms with E-state index >= 15 is 0 Å². The van der Waals surface area contributed by atoms with Crippen LogP contribution in [0.5, 0.6) is 0 Å². The summed E-state index contributed by atoms with van der Waals surface area (Å²) in [5.41, 5.74) is 4.37. The van der Waals surface area contributed by atoms with Crippen molar-refractivity contribution in [3.8, 4) is 0 Å². The minimum atomic E-state index is -4.50. The highest BCUT2D eigenvalue weighted by Gasteiger charge is 2.41. The molecular weight excluding hydrogens is 426 g/mol. The van der Waals surface area contributed by atoms with Gasteiger partial charge in [0, 0.05) is 6.21 Å². The van der Waals surface area contributed by atoms with Gasteiger partial charge in [0.2, 0.25) is 5.13 Å². The molecule has 1 unspecified atom stereocenters. The van der Waals surface area contributed by atoms with Crippen LogP contribution < -0.4 is 5.73 Å². The average molecular weight is 454 g/mol. The van der Waals surface area contributed by atoms with E-state index in [0.29, 0.717) is 29.7 Å². The van der Waals surface area contributed by atoms with Crippen molar-refractivity contribution in [1.82, 2.24) is 4.98 Å². The molecule has 3 nitrogen and oxygen atoms in total. The molecule has 0 amide bonds. The number of nitrogens with zero attached hydrogens (tertiary/aromatic N) is 2. The Bertz CT molecular complexity index is 949. The standard InChI is InChI=1S/C23H27F4N3S/c1-2-3-4-5-6-7-9-16-10-11-17(14-18(16)23(25,26)27)22(12-8-13-29-15-22)19-20(24)31-21(28)30-19/h8,10-14H,2-7,9,15H2,1H3,(H2,28,30). The number of rotatable bonds is 9. The summed E-state index contributed by atoms with van der Waals surface area (Å²) in [4.78, 5) is 8.29. The summed E-state index contributed by atoms with van der Waals surface area (Å²) < 4.78 is 56.4. The van der Waals surface area contributed by atoms with Crippen LogP contribution in [-0.2, 0) is 18.0 Å². The number of thiazole rings is 1. The van der Waals surface area contributed by atoms with E-state index in [0.717, 1.165) is 38.2 Å². The van der Waals surface area contributed by atoms with Gasteiger partial charge >= 0.3 is 6.18 Å². The normalized spacial score (nSPS) is 18.6. The maximum Gasteiger partial charge on any atom is 0.416 e. The minimum Gasteiger partial charge on any atom is -0.375 e. The molecule has 0 fully saturated rings. The summed E-state index contributed by atoms with van der Waals surface area (Å²) in [7, 11) is 0. The van der Waals surface area contributed by atoms with Gasteiger partial charge in [0.1, 0.15) is 5.69 Å². The SMILES string of the molecule is CCCCCCCCc1ccc(C2(c3nc(N)sc3F)C=CC=NC2)cc1C(F)(F)F. The summed E-state index contributed by atoms with van der Waals surface area (Å²) in [5.74, 6) is 0. The summed E-state index contributed by atoms with van der Waals surface area (Å²) in [6.45, 7) is 2.19. The number of unbranched alkanes of at least 4 members (excludes halogenated alkanes) is 5. The number of benzene rings is 1. The summed E-state index contributed by atoms with van der Waals surface area (Å²) in [5, 5.41) is -0.575. The predicted molar refractivity (Wildman–Crippen MR) is 118 cm³/mol. The maximum atomic E-state index is 14.6. The predicted octanol–water partition coefficient (Wildman–Crippen LogP) is 6.71. The Balaban J connectivity index is 1.94. The number of aryl methyl sites for hydroxylation is 1. The Morgan fingerprint density at radius 2 is 1.87 bits per heavy atom. The molecule has 0 spiro atoms. The monoisotopic (exact) mass is 453 g/mol. The van der Waals surface area contributed by atoms with Crippen LogP contribution in [0.2, 0.25) is 0 Å². The van der Waals surface area contributed by atoms with Crippen molar-refractivity contribution in [3.63, 3.8) is 0 Å². The third-order valence-corrected chi connectivity index (χ3v) is 6.34. The highest BCUT2D eigenvalue weighted by Crippen LogP contribution is 2.42. The zero-order valence-corrected chi connectivity index (χ0v) is 18.3. The van der Waals surface area contributed by atoms with Gasteiger partial charge in [0.05, 0.1) is 17.5 Å². The van der Waals surface area contributed by atoms with Gasteiger partial charge in [-0.05, 0) is 36.1 Å². The molecule has 0 aliphatic carbocycles. The third-order valence-electron chi connectivity index (χ3n) is 5.67. The first kappa shape index (κ1) is 23.4. The Labute approximate surface area is 184 Å². The van der Waals surface area contributed by atoms with Gasteiger partial charge < -0.3 is 5.73 Å². The molecule has 31 heavy (non-hydrogen) atoms. The van der Waals surface area contributed by atoms with Gasteiger partial charge in [-0.15, -0.1) is 0 Å².